The van der Waals surface area contributed by atoms with E-state index >= 15 is 0 Å². The molecular formula is C51H46N2. The van der Waals surface area contributed by atoms with Gasteiger partial charge in [-0.25, -0.2) is 0 Å². The van der Waals surface area contributed by atoms with Gasteiger partial charge in [-0.2, -0.15) is 0 Å². The van der Waals surface area contributed by atoms with Crippen LogP contribution in [-0.4, -0.2) is 16.8 Å². The van der Waals surface area contributed by atoms with Crippen molar-refractivity contribution in [1.29, 1.82) is 0 Å². The van der Waals surface area contributed by atoms with Crippen LogP contribution in [0, 0.1) is 12.6 Å². The fourth-order valence-electron chi connectivity index (χ4n) is 8.51. The third kappa shape index (κ3) is 7.83. The molecule has 2 aliphatic rings. The van der Waals surface area contributed by atoms with Crippen LogP contribution in [0.15, 0.2) is 217 Å². The first-order valence-corrected chi connectivity index (χ1v) is 18.9. The van der Waals surface area contributed by atoms with Gasteiger partial charge in [0.25, 0.3) is 0 Å². The molecule has 0 bridgehead atoms. The van der Waals surface area contributed by atoms with Crippen LogP contribution in [0.25, 0.3) is 0 Å². The van der Waals surface area contributed by atoms with Gasteiger partial charge in [0.05, 0.1) is 6.04 Å². The Labute approximate surface area is 316 Å². The summed E-state index contributed by atoms with van der Waals surface area (Å²) in [6.07, 6.45) is 7.88. The second-order valence-corrected chi connectivity index (χ2v) is 14.3. The van der Waals surface area contributed by atoms with Crippen LogP contribution >= 0.6 is 0 Å². The maximum Gasteiger partial charge on any atom is 0.208 e. The van der Waals surface area contributed by atoms with E-state index in [2.05, 4.69) is 218 Å². The van der Waals surface area contributed by atoms with E-state index < -0.39 is 0 Å². The maximum atomic E-state index is 3.68. The smallest absolute Gasteiger partial charge is 0.208 e. The third-order valence-corrected chi connectivity index (χ3v) is 10.9. The molecule has 53 heavy (non-hydrogen) atoms. The van der Waals surface area contributed by atoms with Crippen LogP contribution in [0.4, 0.5) is 0 Å². The standard InChI is InChI=1S/C51H46N2/c1-52-32-33-53(38-52)51(44-30-18-7-19-31-44)49(43-28-16-6-17-29-43)50-47(36-41-24-12-4-13-25-41)45(34-39-20-8-2-9-21-39)46(35-40-22-10-3-11-23-40)48(50)37-42-26-14-5-15-27-42/h2-33,49-51H,34-37H2,1H3. The van der Waals surface area contributed by atoms with E-state index in [0.29, 0.717) is 0 Å². The Morgan fingerprint density at radius 3 is 1.17 bits per heavy atom. The molecule has 1 heterocycles. The predicted octanol–water partition coefficient (Wildman–Crippen LogP) is 11.4. The molecule has 6 aromatic rings. The van der Waals surface area contributed by atoms with Crippen LogP contribution in [0.3, 0.4) is 0 Å². The molecule has 6 aromatic carbocycles. The van der Waals surface area contributed by atoms with Crippen molar-refractivity contribution < 1.29 is 0 Å². The van der Waals surface area contributed by atoms with Gasteiger partial charge in [0.2, 0.25) is 6.67 Å². The number of hydrogen-bond acceptors (Lipinski definition) is 2. The molecule has 0 fully saturated rings. The molecule has 0 saturated carbocycles. The van der Waals surface area contributed by atoms with Gasteiger partial charge in [-0.3, -0.25) is 0 Å². The molecule has 0 amide bonds. The van der Waals surface area contributed by atoms with Crippen molar-refractivity contribution in [2.24, 2.45) is 5.92 Å². The highest BCUT2D eigenvalue weighted by Gasteiger charge is 2.44. The van der Waals surface area contributed by atoms with E-state index in [0.717, 1.165) is 25.7 Å². The lowest BCUT2D eigenvalue weighted by molar-refractivity contribution is 0.238. The topological polar surface area (TPSA) is 6.48 Å². The van der Waals surface area contributed by atoms with Gasteiger partial charge in [-0.05, 0) is 70.2 Å². The van der Waals surface area contributed by atoms with Crippen molar-refractivity contribution >= 4 is 0 Å². The van der Waals surface area contributed by atoms with E-state index in [4.69, 9.17) is 0 Å². The van der Waals surface area contributed by atoms with Gasteiger partial charge in [-0.15, -0.1) is 0 Å². The van der Waals surface area contributed by atoms with Gasteiger partial charge >= 0.3 is 0 Å². The van der Waals surface area contributed by atoms with E-state index in [1.807, 2.05) is 0 Å². The Morgan fingerprint density at radius 1 is 0.434 bits per heavy atom. The van der Waals surface area contributed by atoms with E-state index in [9.17, 15) is 0 Å². The van der Waals surface area contributed by atoms with Gasteiger partial charge < -0.3 is 9.80 Å². The van der Waals surface area contributed by atoms with E-state index in [1.54, 1.807) is 0 Å². The first kappa shape index (κ1) is 34.2. The zero-order valence-electron chi connectivity index (χ0n) is 30.4. The Bertz CT molecular complexity index is 2050. The SMILES string of the molecule is CN1[C]N(C(c2ccccc2)C(c2ccccc2)C2C(Cc3ccccc3)=C(Cc3ccccc3)C(Cc3ccccc3)=C2Cc2ccccc2)C=C1. The molecule has 2 radical (unpaired) electrons. The summed E-state index contributed by atoms with van der Waals surface area (Å²) in [4.78, 5) is 4.38. The molecule has 2 atom stereocenters. The molecule has 0 aromatic heterocycles. The van der Waals surface area contributed by atoms with E-state index in [-0.39, 0.29) is 17.9 Å². The molecule has 0 saturated heterocycles. The van der Waals surface area contributed by atoms with Crippen molar-refractivity contribution in [2.45, 2.75) is 37.6 Å². The van der Waals surface area contributed by atoms with Gasteiger partial charge in [0.15, 0.2) is 0 Å². The first-order valence-electron chi connectivity index (χ1n) is 18.9. The first-order chi connectivity index (χ1) is 26.2. The average Bonchev–Trinajstić information content (AvgIpc) is 3.76. The summed E-state index contributed by atoms with van der Waals surface area (Å²) in [6.45, 7) is 3.68. The quantitative estimate of drug-likeness (QED) is 0.119. The Balaban J connectivity index is 1.42. The highest BCUT2D eigenvalue weighted by atomic mass is 15.3. The van der Waals surface area contributed by atoms with Crippen LogP contribution in [-0.2, 0) is 25.7 Å². The lowest BCUT2D eigenvalue weighted by Crippen LogP contribution is -2.33. The monoisotopic (exact) mass is 686 g/mol. The van der Waals surface area contributed by atoms with Crippen molar-refractivity contribution in [2.75, 3.05) is 7.05 Å². The zero-order valence-corrected chi connectivity index (χ0v) is 30.4. The molecule has 2 nitrogen and oxygen atoms in total. The van der Waals surface area contributed by atoms with Crippen LogP contribution in [0.1, 0.15) is 45.3 Å². The second-order valence-electron chi connectivity index (χ2n) is 14.3. The molecule has 1 aliphatic heterocycles. The molecule has 2 unspecified atom stereocenters. The van der Waals surface area contributed by atoms with Gasteiger partial charge in [0, 0.05) is 31.3 Å². The van der Waals surface area contributed by atoms with Crippen molar-refractivity contribution in [3.05, 3.63) is 257 Å². The lowest BCUT2D eigenvalue weighted by atomic mass is 9.70. The molecule has 0 N–H and O–H groups in total. The molecule has 2 heteroatoms. The summed E-state index contributed by atoms with van der Waals surface area (Å²) < 4.78 is 0. The molecule has 0 spiro atoms. The number of benzene rings is 6. The van der Waals surface area contributed by atoms with Crippen LogP contribution in [0.5, 0.6) is 0 Å². The molecule has 8 rings (SSSR count). The summed E-state index contributed by atoms with van der Waals surface area (Å²) >= 11 is 0. The van der Waals surface area contributed by atoms with Gasteiger partial charge in [0.1, 0.15) is 0 Å². The summed E-state index contributed by atoms with van der Waals surface area (Å²) in [5.74, 6) is 0.209. The van der Waals surface area contributed by atoms with Crippen molar-refractivity contribution in [3.63, 3.8) is 0 Å². The molecule has 260 valence electrons. The Kier molecular flexibility index (Phi) is 10.5. The van der Waals surface area contributed by atoms with Crippen molar-refractivity contribution in [3.8, 4) is 0 Å². The highest BCUT2D eigenvalue weighted by Crippen LogP contribution is 2.54. The van der Waals surface area contributed by atoms with Gasteiger partial charge in [-0.1, -0.05) is 193 Å². The fourth-order valence-corrected chi connectivity index (χ4v) is 8.51. The Hall–Kier alpha value is -5.86. The van der Waals surface area contributed by atoms with Crippen molar-refractivity contribution in [1.82, 2.24) is 9.80 Å². The summed E-state index contributed by atoms with van der Waals surface area (Å²) in [5, 5.41) is 0. The van der Waals surface area contributed by atoms with Crippen LogP contribution < -0.4 is 0 Å². The minimum Gasteiger partial charge on any atom is -0.349 e. The zero-order chi connectivity index (χ0) is 35.8. The lowest BCUT2D eigenvalue weighted by Gasteiger charge is -2.40. The van der Waals surface area contributed by atoms with E-state index in [1.165, 1.54) is 55.7 Å². The highest BCUT2D eigenvalue weighted by molar-refractivity contribution is 5.58. The maximum absolute atomic E-state index is 3.68. The van der Waals surface area contributed by atoms with Crippen LogP contribution in [0.2, 0.25) is 0 Å². The normalized spacial score (nSPS) is 15.7. The summed E-state index contributed by atoms with van der Waals surface area (Å²) in [5.41, 5.74) is 14.1. The Morgan fingerprint density at radius 2 is 0.792 bits per heavy atom. The number of rotatable bonds is 13. The number of nitrogens with zero attached hydrogens (tertiary/aromatic N) is 2. The second kappa shape index (κ2) is 16.2. The fraction of sp³-hybridized carbons (Fsp3) is 0.157. The summed E-state index contributed by atoms with van der Waals surface area (Å²) in [6, 6.07) is 66.9. The molecule has 1 aliphatic carbocycles. The minimum atomic E-state index is -0.00426. The number of hydrogen-bond donors (Lipinski definition) is 0. The predicted molar refractivity (Wildman–Crippen MR) is 218 cm³/mol. The average molecular weight is 687 g/mol. The number of allylic oxidation sites excluding steroid dienone is 4. The molecular weight excluding hydrogens is 641 g/mol. The minimum absolute atomic E-state index is 0.00426. The third-order valence-electron chi connectivity index (χ3n) is 10.9. The largest absolute Gasteiger partial charge is 0.349 e. The summed E-state index contributed by atoms with van der Waals surface area (Å²) in [7, 11) is 2.07.